The number of likely N-dealkylation sites (tertiary alicyclic amines) is 1. The first-order chi connectivity index (χ1) is 13.8. The lowest BCUT2D eigenvalue weighted by atomic mass is 9.53. The van der Waals surface area contributed by atoms with Crippen molar-refractivity contribution in [3.63, 3.8) is 0 Å². The molecule has 5 fully saturated rings. The summed E-state index contributed by atoms with van der Waals surface area (Å²) in [5, 5.41) is 8.05. The smallest absolute Gasteiger partial charge is 0.333 e. The predicted octanol–water partition coefficient (Wildman–Crippen LogP) is 3.02. The van der Waals surface area contributed by atoms with Crippen LogP contribution in [-0.2, 0) is 7.05 Å². The van der Waals surface area contributed by atoms with Gasteiger partial charge in [0, 0.05) is 37.6 Å². The molecule has 1 N–H and O–H groups in total. The van der Waals surface area contributed by atoms with E-state index in [1.165, 1.54) is 43.2 Å². The summed E-state index contributed by atoms with van der Waals surface area (Å²) in [7, 11) is 1.71. The Labute approximate surface area is 172 Å². The molecule has 1 aromatic rings. The molecule has 5 aliphatic rings. The fourth-order valence-corrected chi connectivity index (χ4v) is 7.20. The number of nitrogens with one attached hydrogen (secondary N) is 1. The number of carbonyl (C=O) groups excluding carboxylic acids is 1. The van der Waals surface area contributed by atoms with Gasteiger partial charge < -0.3 is 10.2 Å². The zero-order valence-corrected chi connectivity index (χ0v) is 18.1. The molecule has 4 saturated carbocycles. The number of piperidine rings is 1. The van der Waals surface area contributed by atoms with Gasteiger partial charge >= 0.3 is 11.7 Å². The molecule has 4 aliphatic carbocycles. The van der Waals surface area contributed by atoms with Gasteiger partial charge in [0.25, 0.3) is 0 Å². The second-order valence-corrected chi connectivity index (χ2v) is 10.6. The quantitative estimate of drug-likeness (QED) is 0.846. The summed E-state index contributed by atoms with van der Waals surface area (Å²) in [6, 6.07) is 0.174. The van der Waals surface area contributed by atoms with E-state index >= 15 is 0 Å². The number of nitrogens with zero attached hydrogens (tertiary/aromatic N) is 4. The molecule has 1 atom stereocenters. The first-order valence-corrected chi connectivity index (χ1v) is 11.6. The molecule has 0 radical (unpaired) electrons. The summed E-state index contributed by atoms with van der Waals surface area (Å²) in [4.78, 5) is 27.7. The molecule has 0 spiro atoms. The highest BCUT2D eigenvalue weighted by molar-refractivity contribution is 5.75. The van der Waals surface area contributed by atoms with Crippen molar-refractivity contribution in [1.29, 1.82) is 0 Å². The Hall–Kier alpha value is -1.79. The van der Waals surface area contributed by atoms with Crippen molar-refractivity contribution in [1.82, 2.24) is 24.6 Å². The maximum atomic E-state index is 13.3. The van der Waals surface area contributed by atoms with E-state index in [1.807, 2.05) is 18.7 Å². The summed E-state index contributed by atoms with van der Waals surface area (Å²) in [5.74, 6) is 3.43. The van der Waals surface area contributed by atoms with Crippen LogP contribution in [0.4, 0.5) is 4.79 Å². The Bertz CT molecular complexity index is 819. The molecule has 1 saturated heterocycles. The SMILES string of the molecule is CC(C)n1c(C2CCCN(C(=O)NC34CC5CC(CC(C5)C3)C4)C2)nn(C)c1=O. The zero-order valence-electron chi connectivity index (χ0n) is 18.1. The van der Waals surface area contributed by atoms with Crippen LogP contribution in [0.3, 0.4) is 0 Å². The molecule has 29 heavy (non-hydrogen) atoms. The summed E-state index contributed by atoms with van der Waals surface area (Å²) in [6.07, 6.45) is 9.61. The Morgan fingerprint density at radius 1 is 1.14 bits per heavy atom. The molecule has 7 nitrogen and oxygen atoms in total. The Morgan fingerprint density at radius 2 is 1.76 bits per heavy atom. The Kier molecular flexibility index (Phi) is 4.55. The van der Waals surface area contributed by atoms with Crippen LogP contribution >= 0.6 is 0 Å². The minimum Gasteiger partial charge on any atom is -0.333 e. The number of hydrogen-bond acceptors (Lipinski definition) is 3. The van der Waals surface area contributed by atoms with Crippen molar-refractivity contribution >= 4 is 6.03 Å². The highest BCUT2D eigenvalue weighted by Crippen LogP contribution is 2.55. The van der Waals surface area contributed by atoms with Crippen LogP contribution in [0.1, 0.15) is 83.0 Å². The van der Waals surface area contributed by atoms with E-state index < -0.39 is 0 Å². The molecule has 4 bridgehead atoms. The van der Waals surface area contributed by atoms with Gasteiger partial charge in [-0.05, 0) is 83.0 Å². The van der Waals surface area contributed by atoms with Gasteiger partial charge in [-0.2, -0.15) is 5.10 Å². The Balaban J connectivity index is 1.31. The number of aryl methyl sites for hydroxylation is 1. The van der Waals surface area contributed by atoms with E-state index in [1.54, 1.807) is 11.6 Å². The van der Waals surface area contributed by atoms with Crippen molar-refractivity contribution < 1.29 is 4.79 Å². The minimum atomic E-state index is -0.0647. The summed E-state index contributed by atoms with van der Waals surface area (Å²) >= 11 is 0. The third kappa shape index (κ3) is 3.30. The standard InChI is InChI=1S/C22H35N5O2/c1-14(2)27-19(24-25(3)21(27)29)18-5-4-6-26(13-18)20(28)23-22-10-15-7-16(11-22)9-17(8-15)12-22/h14-18H,4-13H2,1-3H3,(H,23,28). The Morgan fingerprint density at radius 3 is 2.34 bits per heavy atom. The molecular weight excluding hydrogens is 366 g/mol. The predicted molar refractivity (Wildman–Crippen MR) is 111 cm³/mol. The molecule has 2 amide bonds. The number of rotatable bonds is 3. The fourth-order valence-electron chi connectivity index (χ4n) is 7.20. The highest BCUT2D eigenvalue weighted by Gasteiger charge is 2.52. The van der Waals surface area contributed by atoms with E-state index in [2.05, 4.69) is 10.4 Å². The fraction of sp³-hybridized carbons (Fsp3) is 0.864. The largest absolute Gasteiger partial charge is 0.345 e. The van der Waals surface area contributed by atoms with Crippen molar-refractivity contribution in [3.05, 3.63) is 16.3 Å². The third-order valence-electron chi connectivity index (χ3n) is 7.98. The molecule has 0 aromatic carbocycles. The average molecular weight is 402 g/mol. The third-order valence-corrected chi connectivity index (χ3v) is 7.98. The van der Waals surface area contributed by atoms with Crippen LogP contribution in [0.5, 0.6) is 0 Å². The van der Waals surface area contributed by atoms with Crippen LogP contribution in [0, 0.1) is 17.8 Å². The summed E-state index contributed by atoms with van der Waals surface area (Å²) in [5.41, 5.74) is -0.0192. The highest BCUT2D eigenvalue weighted by atomic mass is 16.2. The number of carbonyl (C=O) groups is 1. The van der Waals surface area contributed by atoms with Crippen LogP contribution in [0.2, 0.25) is 0 Å². The normalized spacial score (nSPS) is 36.1. The minimum absolute atomic E-state index is 0.0454. The van der Waals surface area contributed by atoms with Crippen LogP contribution in [0.25, 0.3) is 0 Å². The molecule has 1 aliphatic heterocycles. The van der Waals surface area contributed by atoms with Crippen LogP contribution < -0.4 is 11.0 Å². The van der Waals surface area contributed by atoms with Gasteiger partial charge in [-0.15, -0.1) is 0 Å². The van der Waals surface area contributed by atoms with Gasteiger partial charge in [-0.1, -0.05) is 0 Å². The van der Waals surface area contributed by atoms with Gasteiger partial charge in [-0.3, -0.25) is 4.57 Å². The monoisotopic (exact) mass is 401 g/mol. The maximum Gasteiger partial charge on any atom is 0.345 e. The summed E-state index contributed by atoms with van der Waals surface area (Å²) in [6.45, 7) is 5.49. The number of hydrogen-bond donors (Lipinski definition) is 1. The lowest BCUT2D eigenvalue weighted by molar-refractivity contribution is -0.0161. The first kappa shape index (κ1) is 19.2. The van der Waals surface area contributed by atoms with Gasteiger partial charge in [0.15, 0.2) is 0 Å². The lowest BCUT2D eigenvalue weighted by Crippen LogP contribution is -2.62. The summed E-state index contributed by atoms with van der Waals surface area (Å²) < 4.78 is 3.23. The van der Waals surface area contributed by atoms with Gasteiger partial charge in [-0.25, -0.2) is 14.3 Å². The number of amides is 2. The maximum absolute atomic E-state index is 13.3. The molecule has 1 unspecified atom stereocenters. The van der Waals surface area contributed by atoms with E-state index in [-0.39, 0.29) is 29.2 Å². The van der Waals surface area contributed by atoms with Gasteiger partial charge in [0.05, 0.1) is 0 Å². The zero-order chi connectivity index (χ0) is 20.3. The first-order valence-electron chi connectivity index (χ1n) is 11.6. The molecule has 160 valence electrons. The van der Waals surface area contributed by atoms with Crippen molar-refractivity contribution in [2.24, 2.45) is 24.8 Å². The number of urea groups is 1. The number of aromatic nitrogens is 3. The second-order valence-electron chi connectivity index (χ2n) is 10.6. The molecule has 2 heterocycles. The van der Waals surface area contributed by atoms with Gasteiger partial charge in [0.1, 0.15) is 5.82 Å². The molecular formula is C22H35N5O2. The van der Waals surface area contributed by atoms with E-state index in [9.17, 15) is 9.59 Å². The van der Waals surface area contributed by atoms with Crippen LogP contribution in [0.15, 0.2) is 4.79 Å². The topological polar surface area (TPSA) is 72.2 Å². The van der Waals surface area contributed by atoms with E-state index in [0.717, 1.165) is 43.0 Å². The van der Waals surface area contributed by atoms with E-state index in [0.29, 0.717) is 6.54 Å². The molecule has 1 aromatic heterocycles. The second kappa shape index (κ2) is 6.88. The molecule has 7 heteroatoms. The van der Waals surface area contributed by atoms with Crippen LogP contribution in [-0.4, -0.2) is 43.9 Å². The molecule has 6 rings (SSSR count). The van der Waals surface area contributed by atoms with Crippen molar-refractivity contribution in [2.75, 3.05) is 13.1 Å². The van der Waals surface area contributed by atoms with Crippen molar-refractivity contribution in [2.45, 2.75) is 82.7 Å². The average Bonchev–Trinajstić information content (AvgIpc) is 2.95. The van der Waals surface area contributed by atoms with Gasteiger partial charge in [0.2, 0.25) is 0 Å². The lowest BCUT2D eigenvalue weighted by Gasteiger charge is -2.57. The van der Waals surface area contributed by atoms with E-state index in [4.69, 9.17) is 0 Å². The van der Waals surface area contributed by atoms with Crippen molar-refractivity contribution in [3.8, 4) is 0 Å².